The lowest BCUT2D eigenvalue weighted by atomic mass is 10.1. The normalized spacial score (nSPS) is 31.5. The van der Waals surface area contributed by atoms with Gasteiger partial charge in [-0.05, 0) is 18.1 Å². The Morgan fingerprint density at radius 3 is 3.00 bits per heavy atom. The summed E-state index contributed by atoms with van der Waals surface area (Å²) in [6.07, 6.45) is 1.38. The van der Waals surface area contributed by atoms with Crippen LogP contribution >= 0.6 is 0 Å². The molecule has 3 rings (SSSR count). The van der Waals surface area contributed by atoms with Gasteiger partial charge in [-0.2, -0.15) is 0 Å². The second-order valence-electron chi connectivity index (χ2n) is 3.58. The molecule has 0 N–H and O–H groups in total. The van der Waals surface area contributed by atoms with Gasteiger partial charge in [-0.15, -0.1) is 0 Å². The second kappa shape index (κ2) is 1.60. The van der Waals surface area contributed by atoms with Gasteiger partial charge in [0.15, 0.2) is 0 Å². The third-order valence-corrected chi connectivity index (χ3v) is 2.97. The maximum Gasteiger partial charge on any atom is 0.0402 e. The van der Waals surface area contributed by atoms with Gasteiger partial charge in [-0.1, -0.05) is 18.2 Å². The van der Waals surface area contributed by atoms with E-state index in [1.165, 1.54) is 12.1 Å². The zero-order valence-electron chi connectivity index (χ0n) is 6.62. The number of hydrogen-bond donors (Lipinski definition) is 0. The predicted molar refractivity (Wildman–Crippen MR) is 46.0 cm³/mol. The van der Waals surface area contributed by atoms with Crippen LogP contribution in [0.3, 0.4) is 0 Å². The standard InChI is InChI=1S/C10H11N/c1-11-9-5-3-2-4-7(9)8-6-10(8)11/h2-5,8,10H,6H2,1H3. The van der Waals surface area contributed by atoms with Gasteiger partial charge in [-0.25, -0.2) is 0 Å². The van der Waals surface area contributed by atoms with Gasteiger partial charge in [0, 0.05) is 24.7 Å². The third kappa shape index (κ3) is 0.566. The molecule has 0 spiro atoms. The van der Waals surface area contributed by atoms with E-state index < -0.39 is 0 Å². The van der Waals surface area contributed by atoms with E-state index in [9.17, 15) is 0 Å². The molecule has 1 heteroatoms. The molecule has 1 aromatic carbocycles. The van der Waals surface area contributed by atoms with Gasteiger partial charge >= 0.3 is 0 Å². The van der Waals surface area contributed by atoms with Crippen molar-refractivity contribution in [2.24, 2.45) is 0 Å². The maximum absolute atomic E-state index is 2.42. The molecule has 1 saturated carbocycles. The number of benzene rings is 1. The Bertz CT molecular complexity index is 290. The van der Waals surface area contributed by atoms with E-state index in [1.54, 1.807) is 5.56 Å². The SMILES string of the molecule is CN1c2ccccc2C2CC21. The molecule has 2 aliphatic rings. The van der Waals surface area contributed by atoms with E-state index in [0.717, 1.165) is 12.0 Å². The third-order valence-electron chi connectivity index (χ3n) is 2.97. The van der Waals surface area contributed by atoms with E-state index in [0.29, 0.717) is 0 Å². The summed E-state index contributed by atoms with van der Waals surface area (Å²) in [7, 11) is 2.20. The minimum absolute atomic E-state index is 0.840. The number of para-hydroxylation sites is 1. The Morgan fingerprint density at radius 1 is 1.36 bits per heavy atom. The zero-order chi connectivity index (χ0) is 7.42. The summed E-state index contributed by atoms with van der Waals surface area (Å²) in [6, 6.07) is 9.60. The largest absolute Gasteiger partial charge is 0.371 e. The fraction of sp³-hybridized carbons (Fsp3) is 0.400. The highest BCUT2D eigenvalue weighted by atomic mass is 15.2. The van der Waals surface area contributed by atoms with E-state index in [-0.39, 0.29) is 0 Å². The number of nitrogens with zero attached hydrogens (tertiary/aromatic N) is 1. The Morgan fingerprint density at radius 2 is 2.18 bits per heavy atom. The van der Waals surface area contributed by atoms with Gasteiger partial charge in [-0.3, -0.25) is 0 Å². The van der Waals surface area contributed by atoms with Crippen molar-refractivity contribution in [1.82, 2.24) is 0 Å². The van der Waals surface area contributed by atoms with Crippen molar-refractivity contribution in [3.05, 3.63) is 29.8 Å². The summed E-state index contributed by atoms with van der Waals surface area (Å²) in [4.78, 5) is 2.42. The summed E-state index contributed by atoms with van der Waals surface area (Å²) in [5.74, 6) is 0.871. The Balaban J connectivity index is 2.22. The van der Waals surface area contributed by atoms with Gasteiger partial charge in [0.25, 0.3) is 0 Å². The average Bonchev–Trinajstić information content (AvgIpc) is 2.78. The summed E-state index contributed by atoms with van der Waals surface area (Å²) in [6.45, 7) is 0. The van der Waals surface area contributed by atoms with Crippen molar-refractivity contribution in [2.45, 2.75) is 18.4 Å². The van der Waals surface area contributed by atoms with Crippen molar-refractivity contribution in [3.63, 3.8) is 0 Å². The first-order chi connectivity index (χ1) is 5.38. The number of fused-ring (bicyclic) bond motifs is 3. The van der Waals surface area contributed by atoms with Crippen LogP contribution < -0.4 is 4.90 Å². The lowest BCUT2D eigenvalue weighted by Crippen LogP contribution is -2.16. The monoisotopic (exact) mass is 145 g/mol. The molecule has 56 valence electrons. The number of anilines is 1. The molecule has 2 atom stereocenters. The van der Waals surface area contributed by atoms with E-state index in [2.05, 4.69) is 36.2 Å². The van der Waals surface area contributed by atoms with Crippen LogP contribution in [0.4, 0.5) is 5.69 Å². The molecule has 1 fully saturated rings. The first-order valence-corrected chi connectivity index (χ1v) is 4.19. The van der Waals surface area contributed by atoms with Gasteiger partial charge in [0.2, 0.25) is 0 Å². The first-order valence-electron chi connectivity index (χ1n) is 4.19. The molecule has 2 unspecified atom stereocenters. The summed E-state index contributed by atoms with van der Waals surface area (Å²) in [5, 5.41) is 0. The van der Waals surface area contributed by atoms with Crippen molar-refractivity contribution in [2.75, 3.05) is 11.9 Å². The zero-order valence-corrected chi connectivity index (χ0v) is 6.62. The van der Waals surface area contributed by atoms with Crippen LogP contribution in [-0.4, -0.2) is 13.1 Å². The highest BCUT2D eigenvalue weighted by Gasteiger charge is 2.48. The molecule has 1 aliphatic carbocycles. The fourth-order valence-electron chi connectivity index (χ4n) is 2.24. The molecule has 1 heterocycles. The van der Waals surface area contributed by atoms with E-state index >= 15 is 0 Å². The van der Waals surface area contributed by atoms with Crippen LogP contribution in [0.25, 0.3) is 0 Å². The quantitative estimate of drug-likeness (QED) is 0.539. The predicted octanol–water partition coefficient (Wildman–Crippen LogP) is 1.99. The molecule has 0 bridgehead atoms. The first kappa shape index (κ1) is 5.64. The van der Waals surface area contributed by atoms with E-state index in [1.807, 2.05) is 0 Å². The molecular weight excluding hydrogens is 134 g/mol. The van der Waals surface area contributed by atoms with Crippen LogP contribution in [0.15, 0.2) is 24.3 Å². The van der Waals surface area contributed by atoms with Gasteiger partial charge < -0.3 is 4.90 Å². The molecule has 0 aromatic heterocycles. The second-order valence-corrected chi connectivity index (χ2v) is 3.58. The van der Waals surface area contributed by atoms with Crippen LogP contribution in [0.5, 0.6) is 0 Å². The van der Waals surface area contributed by atoms with Crippen LogP contribution in [-0.2, 0) is 0 Å². The maximum atomic E-state index is 2.42. The number of likely N-dealkylation sites (N-methyl/N-ethyl adjacent to an activating group) is 1. The molecule has 1 aliphatic heterocycles. The van der Waals surface area contributed by atoms with Crippen LogP contribution in [0.1, 0.15) is 17.9 Å². The Kier molecular flexibility index (Phi) is 0.823. The molecule has 1 aromatic rings. The van der Waals surface area contributed by atoms with Gasteiger partial charge in [0.05, 0.1) is 0 Å². The van der Waals surface area contributed by atoms with Gasteiger partial charge in [0.1, 0.15) is 0 Å². The topological polar surface area (TPSA) is 3.24 Å². The van der Waals surface area contributed by atoms with Crippen molar-refractivity contribution in [1.29, 1.82) is 0 Å². The smallest absolute Gasteiger partial charge is 0.0402 e. The minimum atomic E-state index is 0.840. The highest BCUT2D eigenvalue weighted by molar-refractivity contribution is 5.65. The van der Waals surface area contributed by atoms with Crippen molar-refractivity contribution < 1.29 is 0 Å². The lowest BCUT2D eigenvalue weighted by Gasteiger charge is -2.14. The molecule has 1 nitrogen and oxygen atoms in total. The van der Waals surface area contributed by atoms with E-state index in [4.69, 9.17) is 0 Å². The summed E-state index contributed by atoms with van der Waals surface area (Å²) in [5.41, 5.74) is 3.02. The van der Waals surface area contributed by atoms with Crippen LogP contribution in [0.2, 0.25) is 0 Å². The molecule has 0 radical (unpaired) electrons. The minimum Gasteiger partial charge on any atom is -0.371 e. The molecule has 0 saturated heterocycles. The van der Waals surface area contributed by atoms with Crippen molar-refractivity contribution in [3.8, 4) is 0 Å². The van der Waals surface area contributed by atoms with Crippen LogP contribution in [0, 0.1) is 0 Å². The average molecular weight is 145 g/mol. The molecule has 11 heavy (non-hydrogen) atoms. The molecular formula is C10H11N. The Labute approximate surface area is 66.6 Å². The lowest BCUT2D eigenvalue weighted by molar-refractivity contribution is 0.937. The highest BCUT2D eigenvalue weighted by Crippen LogP contribution is 2.54. The Hall–Kier alpha value is -0.980. The number of rotatable bonds is 0. The summed E-state index contributed by atoms with van der Waals surface area (Å²) < 4.78 is 0. The molecule has 0 amide bonds. The fourth-order valence-corrected chi connectivity index (χ4v) is 2.24. The summed E-state index contributed by atoms with van der Waals surface area (Å²) >= 11 is 0. The number of hydrogen-bond acceptors (Lipinski definition) is 1. The van der Waals surface area contributed by atoms with Crippen molar-refractivity contribution >= 4 is 5.69 Å².